The van der Waals surface area contributed by atoms with E-state index in [0.717, 1.165) is 22.2 Å². The molecule has 0 aliphatic heterocycles. The summed E-state index contributed by atoms with van der Waals surface area (Å²) in [6.07, 6.45) is 0. The van der Waals surface area contributed by atoms with Crippen LogP contribution in [0, 0.1) is 0 Å². The Bertz CT molecular complexity index is 777. The molecule has 0 saturated heterocycles. The fraction of sp³-hybridized carbons (Fsp3) is 0. The summed E-state index contributed by atoms with van der Waals surface area (Å²) in [4.78, 5) is 14.2. The molecule has 0 fully saturated rings. The van der Waals surface area contributed by atoms with Crippen LogP contribution in [0.25, 0.3) is 22.2 Å². The third-order valence-electron chi connectivity index (χ3n) is 3.00. The summed E-state index contributed by atoms with van der Waals surface area (Å²) in [5.41, 5.74) is 2.96. The Balaban J connectivity index is 2.13. The number of aromatic carboxylic acids is 1. The lowest BCUT2D eigenvalue weighted by atomic mass is 10.1. The molecule has 0 spiro atoms. The molecule has 0 unspecified atom stereocenters. The van der Waals surface area contributed by atoms with E-state index >= 15 is 0 Å². The second kappa shape index (κ2) is 4.44. The predicted molar refractivity (Wildman–Crippen MR) is 75.7 cm³/mol. The number of rotatable bonds is 2. The fourth-order valence-corrected chi connectivity index (χ4v) is 2.26. The monoisotopic (exact) mass is 271 g/mol. The van der Waals surface area contributed by atoms with Gasteiger partial charge in [-0.1, -0.05) is 23.7 Å². The van der Waals surface area contributed by atoms with Crippen LogP contribution in [0.2, 0.25) is 5.02 Å². The number of benzene rings is 2. The smallest absolute Gasteiger partial charge is 0.335 e. The number of aromatic amines is 1. The van der Waals surface area contributed by atoms with Crippen LogP contribution in [-0.4, -0.2) is 16.1 Å². The Hall–Kier alpha value is -2.26. The lowest BCUT2D eigenvalue weighted by molar-refractivity contribution is 0.0697. The zero-order valence-corrected chi connectivity index (χ0v) is 10.6. The van der Waals surface area contributed by atoms with E-state index in [1.807, 2.05) is 30.3 Å². The lowest BCUT2D eigenvalue weighted by Crippen LogP contribution is -1.95. The molecule has 0 amide bonds. The van der Waals surface area contributed by atoms with Crippen LogP contribution in [-0.2, 0) is 0 Å². The molecule has 0 saturated carbocycles. The topological polar surface area (TPSA) is 53.1 Å². The zero-order chi connectivity index (χ0) is 13.4. The van der Waals surface area contributed by atoms with Gasteiger partial charge in [0.1, 0.15) is 0 Å². The van der Waals surface area contributed by atoms with Crippen LogP contribution in [0.3, 0.4) is 0 Å². The van der Waals surface area contributed by atoms with Crippen molar-refractivity contribution in [1.29, 1.82) is 0 Å². The van der Waals surface area contributed by atoms with E-state index in [-0.39, 0.29) is 5.56 Å². The normalized spacial score (nSPS) is 10.8. The van der Waals surface area contributed by atoms with E-state index in [1.165, 1.54) is 0 Å². The van der Waals surface area contributed by atoms with Crippen molar-refractivity contribution in [1.82, 2.24) is 4.98 Å². The summed E-state index contributed by atoms with van der Waals surface area (Å²) in [7, 11) is 0. The van der Waals surface area contributed by atoms with Gasteiger partial charge >= 0.3 is 5.97 Å². The average Bonchev–Trinajstić information content (AvgIpc) is 2.81. The number of fused-ring (bicyclic) bond motifs is 1. The van der Waals surface area contributed by atoms with Crippen molar-refractivity contribution in [2.75, 3.05) is 0 Å². The van der Waals surface area contributed by atoms with E-state index in [2.05, 4.69) is 4.98 Å². The Kier molecular flexibility index (Phi) is 2.76. The second-order valence-electron chi connectivity index (χ2n) is 4.30. The highest BCUT2D eigenvalue weighted by atomic mass is 35.5. The minimum absolute atomic E-state index is 0.272. The third-order valence-corrected chi connectivity index (χ3v) is 3.24. The van der Waals surface area contributed by atoms with Gasteiger partial charge in [0.05, 0.1) is 5.56 Å². The largest absolute Gasteiger partial charge is 0.478 e. The van der Waals surface area contributed by atoms with Gasteiger partial charge in [0, 0.05) is 21.6 Å². The summed E-state index contributed by atoms with van der Waals surface area (Å²) in [5.74, 6) is -0.930. The molecular formula is C15H10ClNO2. The molecule has 0 radical (unpaired) electrons. The maximum absolute atomic E-state index is 11.0. The highest BCUT2D eigenvalue weighted by molar-refractivity contribution is 6.31. The molecule has 4 heteroatoms. The van der Waals surface area contributed by atoms with E-state index in [0.29, 0.717) is 5.02 Å². The van der Waals surface area contributed by atoms with Crippen molar-refractivity contribution >= 4 is 28.5 Å². The number of carboxylic acid groups (broad SMARTS) is 1. The van der Waals surface area contributed by atoms with Crippen LogP contribution in [0.15, 0.2) is 48.5 Å². The second-order valence-corrected chi connectivity index (χ2v) is 4.74. The van der Waals surface area contributed by atoms with Gasteiger partial charge in [-0.3, -0.25) is 0 Å². The number of halogens is 1. The molecule has 0 aliphatic rings. The molecule has 94 valence electrons. The van der Waals surface area contributed by atoms with Gasteiger partial charge in [-0.2, -0.15) is 0 Å². The minimum atomic E-state index is -0.930. The van der Waals surface area contributed by atoms with Crippen molar-refractivity contribution < 1.29 is 9.90 Å². The molecule has 19 heavy (non-hydrogen) atoms. The van der Waals surface area contributed by atoms with Crippen LogP contribution in [0.1, 0.15) is 10.4 Å². The van der Waals surface area contributed by atoms with Crippen molar-refractivity contribution in [3.8, 4) is 11.3 Å². The SMILES string of the molecule is O=C(O)c1cccc(-c2cc3cc(Cl)ccc3[nH]2)c1. The Morgan fingerprint density at radius 1 is 1.11 bits per heavy atom. The van der Waals surface area contributed by atoms with Crippen LogP contribution < -0.4 is 0 Å². The fourth-order valence-electron chi connectivity index (χ4n) is 2.08. The maximum atomic E-state index is 11.0. The van der Waals surface area contributed by atoms with Gasteiger partial charge in [0.2, 0.25) is 0 Å². The minimum Gasteiger partial charge on any atom is -0.478 e. The van der Waals surface area contributed by atoms with Gasteiger partial charge in [-0.15, -0.1) is 0 Å². The lowest BCUT2D eigenvalue weighted by Gasteiger charge is -1.99. The van der Waals surface area contributed by atoms with Crippen molar-refractivity contribution in [2.24, 2.45) is 0 Å². The highest BCUT2D eigenvalue weighted by Crippen LogP contribution is 2.26. The molecule has 3 nitrogen and oxygen atoms in total. The molecule has 3 rings (SSSR count). The number of H-pyrrole nitrogens is 1. The Morgan fingerprint density at radius 2 is 1.95 bits per heavy atom. The number of carbonyl (C=O) groups is 1. The molecule has 0 aliphatic carbocycles. The van der Waals surface area contributed by atoms with E-state index in [1.54, 1.807) is 18.2 Å². The number of aromatic nitrogens is 1. The molecule has 2 aromatic carbocycles. The highest BCUT2D eigenvalue weighted by Gasteiger charge is 2.07. The average molecular weight is 272 g/mol. The van der Waals surface area contributed by atoms with Gasteiger partial charge in [0.25, 0.3) is 0 Å². The van der Waals surface area contributed by atoms with Crippen molar-refractivity contribution in [3.05, 3.63) is 59.1 Å². The molecule has 1 heterocycles. The number of hydrogen-bond donors (Lipinski definition) is 2. The quantitative estimate of drug-likeness (QED) is 0.734. The zero-order valence-electron chi connectivity index (χ0n) is 9.85. The molecule has 0 atom stereocenters. The van der Waals surface area contributed by atoms with Crippen molar-refractivity contribution in [3.63, 3.8) is 0 Å². The first-order chi connectivity index (χ1) is 9.13. The van der Waals surface area contributed by atoms with Gasteiger partial charge < -0.3 is 10.1 Å². The molecule has 0 bridgehead atoms. The Labute approximate surface area is 114 Å². The first-order valence-electron chi connectivity index (χ1n) is 5.75. The summed E-state index contributed by atoms with van der Waals surface area (Å²) in [6, 6.07) is 14.4. The molecule has 2 N–H and O–H groups in total. The van der Waals surface area contributed by atoms with Crippen LogP contribution in [0.5, 0.6) is 0 Å². The molecular weight excluding hydrogens is 262 g/mol. The van der Waals surface area contributed by atoms with Crippen LogP contribution in [0.4, 0.5) is 0 Å². The molecule has 3 aromatic rings. The summed E-state index contributed by atoms with van der Waals surface area (Å²) in [6.45, 7) is 0. The summed E-state index contributed by atoms with van der Waals surface area (Å²) >= 11 is 5.95. The van der Waals surface area contributed by atoms with Gasteiger partial charge in [-0.05, 0) is 42.0 Å². The summed E-state index contributed by atoms with van der Waals surface area (Å²) in [5, 5.41) is 10.7. The first kappa shape index (κ1) is 11.8. The third kappa shape index (κ3) is 2.20. The van der Waals surface area contributed by atoms with Crippen LogP contribution >= 0.6 is 11.6 Å². The summed E-state index contributed by atoms with van der Waals surface area (Å²) < 4.78 is 0. The van der Waals surface area contributed by atoms with E-state index < -0.39 is 5.97 Å². The number of nitrogens with one attached hydrogen (secondary N) is 1. The van der Waals surface area contributed by atoms with E-state index in [4.69, 9.17) is 16.7 Å². The maximum Gasteiger partial charge on any atom is 0.335 e. The van der Waals surface area contributed by atoms with Gasteiger partial charge in [0.15, 0.2) is 0 Å². The van der Waals surface area contributed by atoms with Gasteiger partial charge in [-0.25, -0.2) is 4.79 Å². The number of carboxylic acids is 1. The molecule has 1 aromatic heterocycles. The van der Waals surface area contributed by atoms with E-state index in [9.17, 15) is 4.79 Å². The standard InChI is InChI=1S/C15H10ClNO2/c16-12-4-5-13-11(7-12)8-14(17-13)9-2-1-3-10(6-9)15(18)19/h1-8,17H,(H,18,19). The predicted octanol–water partition coefficient (Wildman–Crippen LogP) is 4.19. The number of hydrogen-bond acceptors (Lipinski definition) is 1. The van der Waals surface area contributed by atoms with Crippen molar-refractivity contribution in [2.45, 2.75) is 0 Å². The Morgan fingerprint density at radius 3 is 2.74 bits per heavy atom. The first-order valence-corrected chi connectivity index (χ1v) is 6.13.